The zero-order valence-corrected chi connectivity index (χ0v) is 9.14. The fraction of sp³-hybridized carbons (Fsp3) is 0.444. The van der Waals surface area contributed by atoms with Crippen LogP contribution in [0.4, 0.5) is 0 Å². The molecule has 82 valence electrons. The molecule has 6 nitrogen and oxygen atoms in total. The van der Waals surface area contributed by atoms with Crippen molar-refractivity contribution in [1.29, 1.82) is 0 Å². The highest BCUT2D eigenvalue weighted by molar-refractivity contribution is 5.42. The van der Waals surface area contributed by atoms with E-state index in [9.17, 15) is 0 Å². The van der Waals surface area contributed by atoms with Crippen molar-refractivity contribution in [3.8, 4) is 12.0 Å². The Morgan fingerprint density at radius 3 is 1.93 bits per heavy atom. The third-order valence-corrected chi connectivity index (χ3v) is 1.63. The lowest BCUT2D eigenvalue weighted by atomic mass is 10.4. The Morgan fingerprint density at radius 1 is 1.00 bits per heavy atom. The Morgan fingerprint density at radius 2 is 1.53 bits per heavy atom. The Labute approximate surface area is 87.9 Å². The minimum Gasteiger partial charge on any atom is -0.501 e. The van der Waals surface area contributed by atoms with Gasteiger partial charge >= 0.3 is 12.0 Å². The molecule has 0 radical (unpaired) electrons. The Hall–Kier alpha value is -1.85. The summed E-state index contributed by atoms with van der Waals surface area (Å²) in [7, 11) is 4.53. The van der Waals surface area contributed by atoms with Crippen LogP contribution in [-0.4, -0.2) is 36.3 Å². The zero-order chi connectivity index (χ0) is 11.3. The number of hydrogen-bond donors (Lipinski definition) is 0. The zero-order valence-electron chi connectivity index (χ0n) is 9.14. The quantitative estimate of drug-likeness (QED) is 0.689. The average Bonchev–Trinajstić information content (AvgIpc) is 2.28. The van der Waals surface area contributed by atoms with Crippen LogP contribution < -0.4 is 9.47 Å². The van der Waals surface area contributed by atoms with Crippen LogP contribution in [0.5, 0.6) is 12.0 Å². The van der Waals surface area contributed by atoms with Gasteiger partial charge in [0.1, 0.15) is 0 Å². The molecule has 0 bridgehead atoms. The van der Waals surface area contributed by atoms with Gasteiger partial charge in [-0.05, 0) is 6.92 Å². The van der Waals surface area contributed by atoms with Gasteiger partial charge < -0.3 is 14.2 Å². The second-order valence-electron chi connectivity index (χ2n) is 2.63. The largest absolute Gasteiger partial charge is 0.501 e. The third-order valence-electron chi connectivity index (χ3n) is 1.63. The van der Waals surface area contributed by atoms with E-state index in [0.717, 1.165) is 0 Å². The highest BCUT2D eigenvalue weighted by Crippen LogP contribution is 2.11. The van der Waals surface area contributed by atoms with Gasteiger partial charge in [-0.25, -0.2) is 0 Å². The van der Waals surface area contributed by atoms with E-state index in [1.54, 1.807) is 20.1 Å². The lowest BCUT2D eigenvalue weighted by Gasteiger charge is -2.03. The Kier molecular flexibility index (Phi) is 3.84. The summed E-state index contributed by atoms with van der Waals surface area (Å²) in [5, 5.41) is 0. The van der Waals surface area contributed by atoms with Crippen molar-refractivity contribution in [2.24, 2.45) is 0 Å². The maximum Gasteiger partial charge on any atom is 0.322 e. The molecule has 0 aliphatic heterocycles. The number of rotatable bonds is 4. The van der Waals surface area contributed by atoms with Crippen LogP contribution in [0.2, 0.25) is 0 Å². The molecule has 15 heavy (non-hydrogen) atoms. The van der Waals surface area contributed by atoms with Crippen LogP contribution in [0.1, 0.15) is 12.7 Å². The molecule has 0 N–H and O–H groups in total. The van der Waals surface area contributed by atoms with Crippen molar-refractivity contribution in [3.63, 3.8) is 0 Å². The summed E-state index contributed by atoms with van der Waals surface area (Å²) >= 11 is 0. The fourth-order valence-corrected chi connectivity index (χ4v) is 0.841. The Bertz CT molecular complexity index is 343. The summed E-state index contributed by atoms with van der Waals surface area (Å²) in [4.78, 5) is 11.9. The molecule has 0 unspecified atom stereocenters. The first-order chi connectivity index (χ1) is 7.19. The van der Waals surface area contributed by atoms with Gasteiger partial charge in [0, 0.05) is 6.08 Å². The first-order valence-electron chi connectivity index (χ1n) is 4.26. The second kappa shape index (κ2) is 5.14. The summed E-state index contributed by atoms with van der Waals surface area (Å²) in [5.41, 5.74) is 0. The molecule has 0 aliphatic carbocycles. The van der Waals surface area contributed by atoms with Gasteiger partial charge in [-0.3, -0.25) is 0 Å². The first-order valence-corrected chi connectivity index (χ1v) is 4.26. The predicted molar refractivity (Wildman–Crippen MR) is 53.6 cm³/mol. The van der Waals surface area contributed by atoms with Crippen molar-refractivity contribution in [3.05, 3.63) is 11.6 Å². The number of aromatic nitrogens is 3. The van der Waals surface area contributed by atoms with Crippen LogP contribution in [-0.2, 0) is 4.74 Å². The highest BCUT2D eigenvalue weighted by atomic mass is 16.5. The lowest BCUT2D eigenvalue weighted by molar-refractivity contribution is 0.297. The SMILES string of the molecule is CO/C(C)=C/c1nc(OC)nc(OC)n1. The summed E-state index contributed by atoms with van der Waals surface area (Å²) in [6.07, 6.45) is 1.66. The van der Waals surface area contributed by atoms with Crippen LogP contribution >= 0.6 is 0 Å². The molecular weight excluding hydrogens is 198 g/mol. The second-order valence-corrected chi connectivity index (χ2v) is 2.63. The molecule has 0 saturated heterocycles. The van der Waals surface area contributed by atoms with Gasteiger partial charge in [-0.1, -0.05) is 0 Å². The molecule has 1 rings (SSSR count). The molecule has 0 aromatic carbocycles. The minimum atomic E-state index is 0.206. The molecule has 1 aromatic heterocycles. The van der Waals surface area contributed by atoms with Gasteiger partial charge in [0.05, 0.1) is 27.1 Å². The maximum atomic E-state index is 4.98. The molecule has 1 aromatic rings. The third kappa shape index (κ3) is 3.08. The Balaban J connectivity index is 3.07. The standard InChI is InChI=1S/C9H13N3O3/c1-6(13-2)5-7-10-8(14-3)12-9(11-7)15-4/h5H,1-4H3/b6-5+. The summed E-state index contributed by atoms with van der Waals surface area (Å²) < 4.78 is 14.8. The molecule has 0 atom stereocenters. The van der Waals surface area contributed by atoms with E-state index in [0.29, 0.717) is 11.6 Å². The van der Waals surface area contributed by atoms with E-state index in [2.05, 4.69) is 15.0 Å². The van der Waals surface area contributed by atoms with Crippen molar-refractivity contribution in [2.45, 2.75) is 6.92 Å². The van der Waals surface area contributed by atoms with E-state index < -0.39 is 0 Å². The van der Waals surface area contributed by atoms with Gasteiger partial charge in [0.2, 0.25) is 0 Å². The van der Waals surface area contributed by atoms with Crippen molar-refractivity contribution >= 4 is 6.08 Å². The number of nitrogens with zero attached hydrogens (tertiary/aromatic N) is 3. The average molecular weight is 211 g/mol. The van der Waals surface area contributed by atoms with Crippen LogP contribution in [0.15, 0.2) is 5.76 Å². The van der Waals surface area contributed by atoms with Gasteiger partial charge in [0.25, 0.3) is 0 Å². The molecule has 0 spiro atoms. The number of ether oxygens (including phenoxy) is 3. The van der Waals surface area contributed by atoms with E-state index in [1.807, 2.05) is 0 Å². The van der Waals surface area contributed by atoms with Crippen LogP contribution in [0.25, 0.3) is 6.08 Å². The summed E-state index contributed by atoms with van der Waals surface area (Å²) in [6.45, 7) is 1.79. The van der Waals surface area contributed by atoms with Crippen molar-refractivity contribution in [2.75, 3.05) is 21.3 Å². The molecule has 1 heterocycles. The van der Waals surface area contributed by atoms with E-state index in [1.165, 1.54) is 14.2 Å². The van der Waals surface area contributed by atoms with Crippen LogP contribution in [0, 0.1) is 0 Å². The molecule has 0 amide bonds. The molecule has 6 heteroatoms. The minimum absolute atomic E-state index is 0.206. The molecule has 0 saturated carbocycles. The van der Waals surface area contributed by atoms with Crippen LogP contribution in [0.3, 0.4) is 0 Å². The highest BCUT2D eigenvalue weighted by Gasteiger charge is 2.05. The van der Waals surface area contributed by atoms with Gasteiger partial charge in [0.15, 0.2) is 5.82 Å². The van der Waals surface area contributed by atoms with Crippen molar-refractivity contribution < 1.29 is 14.2 Å². The first kappa shape index (κ1) is 11.2. The van der Waals surface area contributed by atoms with Gasteiger partial charge in [-0.15, -0.1) is 4.98 Å². The predicted octanol–water partition coefficient (Wildman–Crippen LogP) is 0.896. The topological polar surface area (TPSA) is 66.4 Å². The smallest absolute Gasteiger partial charge is 0.322 e. The monoisotopic (exact) mass is 211 g/mol. The summed E-state index contributed by atoms with van der Waals surface area (Å²) in [5.74, 6) is 1.11. The normalized spacial score (nSPS) is 11.1. The van der Waals surface area contributed by atoms with Gasteiger partial charge in [-0.2, -0.15) is 9.97 Å². The van der Waals surface area contributed by atoms with E-state index >= 15 is 0 Å². The fourth-order valence-electron chi connectivity index (χ4n) is 0.841. The molecule has 0 aliphatic rings. The number of hydrogen-bond acceptors (Lipinski definition) is 6. The molecular formula is C9H13N3O3. The number of allylic oxidation sites excluding steroid dienone is 1. The van der Waals surface area contributed by atoms with E-state index in [-0.39, 0.29) is 12.0 Å². The lowest BCUT2D eigenvalue weighted by Crippen LogP contribution is -2.01. The molecule has 0 fully saturated rings. The van der Waals surface area contributed by atoms with Crippen molar-refractivity contribution in [1.82, 2.24) is 15.0 Å². The number of methoxy groups -OCH3 is 3. The van der Waals surface area contributed by atoms with E-state index in [4.69, 9.17) is 14.2 Å². The summed E-state index contributed by atoms with van der Waals surface area (Å²) in [6, 6.07) is 0.411. The maximum absolute atomic E-state index is 4.98.